The Morgan fingerprint density at radius 2 is 1.75 bits per heavy atom. The molecule has 5 heteroatoms. The first-order valence-corrected chi connectivity index (χ1v) is 5.79. The number of benzene rings is 2. The third-order valence-corrected chi connectivity index (χ3v) is 2.67. The minimum Gasteiger partial charge on any atom is -0.508 e. The summed E-state index contributed by atoms with van der Waals surface area (Å²) in [5.74, 6) is 0.142. The monoisotopic (exact) mass is 294 g/mol. The number of halogens is 1. The molecule has 2 aromatic rings. The Bertz CT molecular complexity index is 584. The highest BCUT2D eigenvalue weighted by Gasteiger charge is 2.12. The lowest BCUT2D eigenvalue weighted by Gasteiger charge is -2.10. The molecule has 0 fully saturated rings. The van der Waals surface area contributed by atoms with Gasteiger partial charge < -0.3 is 14.6 Å². The van der Waals surface area contributed by atoms with E-state index >= 15 is 0 Å². The number of hydrogen-bond donors (Lipinski definition) is 1. The fourth-order valence-corrected chi connectivity index (χ4v) is 1.66. The van der Waals surface area contributed by atoms with Gasteiger partial charge in [-0.05, 0) is 18.2 Å². The van der Waals surface area contributed by atoms with E-state index in [0.29, 0.717) is 16.9 Å². The predicted molar refractivity (Wildman–Crippen MR) is 77.5 cm³/mol. The first-order valence-electron chi connectivity index (χ1n) is 5.79. The fourth-order valence-electron chi connectivity index (χ4n) is 1.66. The molecule has 0 bridgehead atoms. The van der Waals surface area contributed by atoms with Crippen LogP contribution in [0.3, 0.4) is 0 Å². The highest BCUT2D eigenvalue weighted by Crippen LogP contribution is 2.22. The molecule has 0 aliphatic carbocycles. The van der Waals surface area contributed by atoms with E-state index in [1.165, 1.54) is 7.11 Å². The van der Waals surface area contributed by atoms with Gasteiger partial charge in [0.25, 0.3) is 0 Å². The van der Waals surface area contributed by atoms with Crippen LogP contribution in [0.4, 0.5) is 0 Å². The summed E-state index contributed by atoms with van der Waals surface area (Å²) in [5.41, 5.74) is 1.02. The second-order valence-corrected chi connectivity index (χ2v) is 3.91. The zero-order valence-electron chi connectivity index (χ0n) is 10.9. The Labute approximate surface area is 123 Å². The normalized spacial score (nSPS) is 9.45. The van der Waals surface area contributed by atoms with Gasteiger partial charge in [-0.15, -0.1) is 12.4 Å². The summed E-state index contributed by atoms with van der Waals surface area (Å²) in [6, 6.07) is 13.7. The van der Waals surface area contributed by atoms with Gasteiger partial charge in [0, 0.05) is 5.56 Å². The van der Waals surface area contributed by atoms with Crippen molar-refractivity contribution in [3.05, 3.63) is 59.7 Å². The van der Waals surface area contributed by atoms with Crippen LogP contribution in [-0.2, 0) is 11.3 Å². The molecule has 1 N–H and O–H groups in total. The number of methoxy groups -OCH3 is 1. The molecule has 0 saturated carbocycles. The lowest BCUT2D eigenvalue weighted by molar-refractivity contribution is 0.0595. The Kier molecular flexibility index (Phi) is 5.87. The molecule has 2 aromatic carbocycles. The summed E-state index contributed by atoms with van der Waals surface area (Å²) < 4.78 is 10.3. The highest BCUT2D eigenvalue weighted by molar-refractivity contribution is 5.92. The maximum Gasteiger partial charge on any atom is 0.341 e. The second kappa shape index (κ2) is 7.40. The molecule has 0 amide bonds. The summed E-state index contributed by atoms with van der Waals surface area (Å²) in [5, 5.41) is 9.64. The molecule has 4 nitrogen and oxygen atoms in total. The van der Waals surface area contributed by atoms with Crippen molar-refractivity contribution in [2.75, 3.05) is 7.11 Å². The lowest BCUT2D eigenvalue weighted by atomic mass is 10.2. The standard InChI is InChI=1S/C15H14O4.ClH/c1-18-15(17)12-7-3-5-9-14(12)19-10-11-6-2-4-8-13(11)16;/h2-9,16H,10H2,1H3;1H. The molecular formula is C15H15ClO4. The van der Waals surface area contributed by atoms with Crippen molar-refractivity contribution in [2.45, 2.75) is 6.61 Å². The van der Waals surface area contributed by atoms with Crippen LogP contribution >= 0.6 is 12.4 Å². The minimum absolute atomic E-state index is 0. The van der Waals surface area contributed by atoms with Gasteiger partial charge in [0.15, 0.2) is 0 Å². The average molecular weight is 295 g/mol. The second-order valence-electron chi connectivity index (χ2n) is 3.91. The van der Waals surface area contributed by atoms with E-state index in [2.05, 4.69) is 4.74 Å². The first-order chi connectivity index (χ1) is 9.22. The maximum absolute atomic E-state index is 11.6. The number of aromatic hydroxyl groups is 1. The number of phenols is 1. The molecule has 0 spiro atoms. The number of ether oxygens (including phenoxy) is 2. The number of esters is 1. The molecular weight excluding hydrogens is 280 g/mol. The van der Waals surface area contributed by atoms with Crippen LogP contribution in [0.5, 0.6) is 11.5 Å². The van der Waals surface area contributed by atoms with Gasteiger partial charge in [0.05, 0.1) is 7.11 Å². The van der Waals surface area contributed by atoms with Gasteiger partial charge in [0.1, 0.15) is 23.7 Å². The lowest BCUT2D eigenvalue weighted by Crippen LogP contribution is -2.05. The third-order valence-electron chi connectivity index (χ3n) is 2.67. The van der Waals surface area contributed by atoms with Gasteiger partial charge >= 0.3 is 5.97 Å². The topological polar surface area (TPSA) is 55.8 Å². The summed E-state index contributed by atoms with van der Waals surface area (Å²) in [6.45, 7) is 0.181. The minimum atomic E-state index is -0.451. The number of para-hydroxylation sites is 2. The molecule has 0 aliphatic heterocycles. The Hall–Kier alpha value is -2.20. The van der Waals surface area contributed by atoms with E-state index in [0.717, 1.165) is 0 Å². The number of phenolic OH excluding ortho intramolecular Hbond substituents is 1. The van der Waals surface area contributed by atoms with Crippen LogP contribution in [-0.4, -0.2) is 18.2 Å². The Morgan fingerprint density at radius 1 is 1.10 bits per heavy atom. The van der Waals surface area contributed by atoms with Gasteiger partial charge in [-0.3, -0.25) is 0 Å². The molecule has 2 rings (SSSR count). The van der Waals surface area contributed by atoms with Crippen molar-refractivity contribution in [1.82, 2.24) is 0 Å². The number of carbonyl (C=O) groups is 1. The molecule has 0 heterocycles. The van der Waals surface area contributed by atoms with Gasteiger partial charge in [-0.2, -0.15) is 0 Å². The Morgan fingerprint density at radius 3 is 2.45 bits per heavy atom. The first kappa shape index (κ1) is 15.9. The van der Waals surface area contributed by atoms with Crippen LogP contribution in [0.1, 0.15) is 15.9 Å². The zero-order valence-corrected chi connectivity index (χ0v) is 11.7. The van der Waals surface area contributed by atoms with Crippen LogP contribution in [0.25, 0.3) is 0 Å². The van der Waals surface area contributed by atoms with E-state index < -0.39 is 5.97 Å². The predicted octanol–water partition coefficient (Wildman–Crippen LogP) is 3.18. The van der Waals surface area contributed by atoms with Gasteiger partial charge in [-0.1, -0.05) is 30.3 Å². The SMILES string of the molecule is COC(=O)c1ccccc1OCc1ccccc1O.Cl. The van der Waals surface area contributed by atoms with E-state index in [1.807, 2.05) is 6.07 Å². The third kappa shape index (κ3) is 3.65. The van der Waals surface area contributed by atoms with E-state index in [-0.39, 0.29) is 24.8 Å². The molecule has 0 atom stereocenters. The molecule has 0 aliphatic rings. The summed E-state index contributed by atoms with van der Waals surface area (Å²) >= 11 is 0. The fraction of sp³-hybridized carbons (Fsp3) is 0.133. The van der Waals surface area contributed by atoms with Crippen LogP contribution in [0.15, 0.2) is 48.5 Å². The van der Waals surface area contributed by atoms with Crippen LogP contribution in [0.2, 0.25) is 0 Å². The highest BCUT2D eigenvalue weighted by atomic mass is 35.5. The van der Waals surface area contributed by atoms with E-state index in [9.17, 15) is 9.90 Å². The van der Waals surface area contributed by atoms with Crippen molar-refractivity contribution in [3.8, 4) is 11.5 Å². The van der Waals surface area contributed by atoms with Crippen molar-refractivity contribution in [3.63, 3.8) is 0 Å². The Balaban J connectivity index is 0.00000200. The quantitative estimate of drug-likeness (QED) is 0.880. The summed E-state index contributed by atoms with van der Waals surface area (Å²) in [4.78, 5) is 11.6. The molecule has 0 saturated heterocycles. The maximum atomic E-state index is 11.6. The van der Waals surface area contributed by atoms with Crippen molar-refractivity contribution in [1.29, 1.82) is 0 Å². The zero-order chi connectivity index (χ0) is 13.7. The molecule has 0 radical (unpaired) electrons. The number of hydrogen-bond acceptors (Lipinski definition) is 4. The van der Waals surface area contributed by atoms with Gasteiger partial charge in [0.2, 0.25) is 0 Å². The van der Waals surface area contributed by atoms with E-state index in [4.69, 9.17) is 4.74 Å². The van der Waals surface area contributed by atoms with Crippen molar-refractivity contribution < 1.29 is 19.4 Å². The summed E-state index contributed by atoms with van der Waals surface area (Å²) in [6.07, 6.45) is 0. The van der Waals surface area contributed by atoms with Crippen molar-refractivity contribution in [2.24, 2.45) is 0 Å². The van der Waals surface area contributed by atoms with Gasteiger partial charge in [-0.25, -0.2) is 4.79 Å². The largest absolute Gasteiger partial charge is 0.508 e. The smallest absolute Gasteiger partial charge is 0.341 e. The van der Waals surface area contributed by atoms with Crippen LogP contribution < -0.4 is 4.74 Å². The molecule has 20 heavy (non-hydrogen) atoms. The molecule has 106 valence electrons. The number of carbonyl (C=O) groups excluding carboxylic acids is 1. The summed E-state index contributed by atoms with van der Waals surface area (Å²) in [7, 11) is 1.32. The van der Waals surface area contributed by atoms with Crippen molar-refractivity contribution >= 4 is 18.4 Å². The van der Waals surface area contributed by atoms with E-state index in [1.54, 1.807) is 42.5 Å². The average Bonchev–Trinajstić information content (AvgIpc) is 2.46. The van der Waals surface area contributed by atoms with Crippen LogP contribution in [0, 0.1) is 0 Å². The molecule has 0 aromatic heterocycles. The number of rotatable bonds is 4. The molecule has 0 unspecified atom stereocenters.